The number of rotatable bonds is 8. The Bertz CT molecular complexity index is 1300. The Hall–Kier alpha value is -3.71. The van der Waals surface area contributed by atoms with E-state index < -0.39 is 6.10 Å². The fourth-order valence-corrected chi connectivity index (χ4v) is 4.02. The van der Waals surface area contributed by atoms with Crippen molar-refractivity contribution in [2.75, 3.05) is 13.7 Å². The number of halogens is 1. The monoisotopic (exact) mass is 461 g/mol. The van der Waals surface area contributed by atoms with Crippen molar-refractivity contribution in [2.45, 2.75) is 32.9 Å². The van der Waals surface area contributed by atoms with Crippen LogP contribution in [-0.2, 0) is 9.53 Å². The van der Waals surface area contributed by atoms with E-state index >= 15 is 0 Å². The first-order chi connectivity index (χ1) is 16.4. The van der Waals surface area contributed by atoms with E-state index in [0.717, 1.165) is 33.3 Å². The molecule has 1 N–H and O–H groups in total. The highest BCUT2D eigenvalue weighted by atomic mass is 19.1. The van der Waals surface area contributed by atoms with Gasteiger partial charge in [-0.2, -0.15) is 5.10 Å². The van der Waals surface area contributed by atoms with Crippen LogP contribution in [0.4, 0.5) is 4.39 Å². The van der Waals surface area contributed by atoms with Gasteiger partial charge in [-0.25, -0.2) is 9.07 Å². The number of aryl methyl sites for hydroxylation is 2. The van der Waals surface area contributed by atoms with Crippen LogP contribution in [0.5, 0.6) is 5.75 Å². The van der Waals surface area contributed by atoms with E-state index in [9.17, 15) is 9.18 Å². The minimum absolute atomic E-state index is 0.0155. The molecule has 176 valence electrons. The summed E-state index contributed by atoms with van der Waals surface area (Å²) in [6, 6.07) is 17.8. The number of ether oxygens (including phenoxy) is 2. The largest absolute Gasteiger partial charge is 0.484 e. The fourth-order valence-electron chi connectivity index (χ4n) is 4.02. The summed E-state index contributed by atoms with van der Waals surface area (Å²) in [5.41, 5.74) is 4.85. The molecule has 7 heteroatoms. The summed E-state index contributed by atoms with van der Waals surface area (Å²) in [7, 11) is 1.49. The lowest BCUT2D eigenvalue weighted by molar-refractivity contribution is -0.126. The van der Waals surface area contributed by atoms with E-state index in [1.165, 1.54) is 19.2 Å². The van der Waals surface area contributed by atoms with E-state index in [1.54, 1.807) is 23.0 Å². The number of fused-ring (bicyclic) bond motifs is 1. The minimum Gasteiger partial charge on any atom is -0.484 e. The molecule has 3 aromatic carbocycles. The zero-order valence-electron chi connectivity index (χ0n) is 19.7. The van der Waals surface area contributed by atoms with Crippen LogP contribution in [0.2, 0.25) is 0 Å². The highest BCUT2D eigenvalue weighted by molar-refractivity contribution is 5.82. The van der Waals surface area contributed by atoms with Gasteiger partial charge in [-0.15, -0.1) is 0 Å². The molecule has 0 bridgehead atoms. The second-order valence-electron chi connectivity index (χ2n) is 8.44. The molecule has 1 aromatic heterocycles. The lowest BCUT2D eigenvalue weighted by Crippen LogP contribution is -2.41. The second-order valence-corrected chi connectivity index (χ2v) is 8.44. The van der Waals surface area contributed by atoms with E-state index in [1.807, 2.05) is 39.0 Å². The van der Waals surface area contributed by atoms with Crippen LogP contribution in [0.25, 0.3) is 16.6 Å². The maximum Gasteiger partial charge on any atom is 0.246 e. The molecule has 0 radical (unpaired) electrons. The first kappa shape index (κ1) is 23.4. The Morgan fingerprint density at radius 2 is 1.85 bits per heavy atom. The first-order valence-corrected chi connectivity index (χ1v) is 11.1. The number of hydrogen-bond donors (Lipinski definition) is 1. The Morgan fingerprint density at radius 3 is 2.59 bits per heavy atom. The number of methoxy groups -OCH3 is 1. The van der Waals surface area contributed by atoms with Gasteiger partial charge in [0.05, 0.1) is 23.4 Å². The second kappa shape index (κ2) is 10.1. The van der Waals surface area contributed by atoms with Crippen molar-refractivity contribution < 1.29 is 18.7 Å². The molecule has 2 unspecified atom stereocenters. The molecule has 0 fully saturated rings. The van der Waals surface area contributed by atoms with Crippen LogP contribution in [0.3, 0.4) is 0 Å². The van der Waals surface area contributed by atoms with Gasteiger partial charge in [0, 0.05) is 12.5 Å². The summed E-state index contributed by atoms with van der Waals surface area (Å²) in [4.78, 5) is 12.2. The zero-order valence-corrected chi connectivity index (χ0v) is 19.7. The summed E-state index contributed by atoms with van der Waals surface area (Å²) >= 11 is 0. The molecule has 4 rings (SSSR count). The topological polar surface area (TPSA) is 65.4 Å². The summed E-state index contributed by atoms with van der Waals surface area (Å²) in [5, 5.41) is 8.33. The molecule has 6 nitrogen and oxygen atoms in total. The molecule has 0 aliphatic carbocycles. The van der Waals surface area contributed by atoms with Gasteiger partial charge in [-0.05, 0) is 74.4 Å². The SMILES string of the molecule is COCC(=O)NC(C)C(Oc1ccc2c(cnn2-c2ccc(F)cc2)c1)c1cc(C)ccc1C. The average molecular weight is 462 g/mol. The van der Waals surface area contributed by atoms with Crippen LogP contribution in [0.1, 0.15) is 29.7 Å². The van der Waals surface area contributed by atoms with Crippen LogP contribution >= 0.6 is 0 Å². The quantitative estimate of drug-likeness (QED) is 0.399. The van der Waals surface area contributed by atoms with Gasteiger partial charge in [-0.1, -0.05) is 23.8 Å². The molecule has 4 aromatic rings. The lowest BCUT2D eigenvalue weighted by Gasteiger charge is -2.28. The fraction of sp³-hybridized carbons (Fsp3) is 0.259. The summed E-state index contributed by atoms with van der Waals surface area (Å²) in [6.45, 7) is 5.97. The predicted octanol–water partition coefficient (Wildman–Crippen LogP) is 5.05. The molecule has 2 atom stereocenters. The van der Waals surface area contributed by atoms with Crippen molar-refractivity contribution in [3.8, 4) is 11.4 Å². The number of amides is 1. The van der Waals surface area contributed by atoms with Gasteiger partial charge in [0.15, 0.2) is 0 Å². The number of carbonyl (C=O) groups excluding carboxylic acids is 1. The normalized spacial score (nSPS) is 13.0. The molecule has 0 aliphatic heterocycles. The number of carbonyl (C=O) groups is 1. The van der Waals surface area contributed by atoms with Crippen molar-refractivity contribution in [1.29, 1.82) is 0 Å². The molecule has 0 saturated heterocycles. The van der Waals surface area contributed by atoms with Gasteiger partial charge in [0.25, 0.3) is 0 Å². The molecule has 34 heavy (non-hydrogen) atoms. The molecule has 1 heterocycles. The minimum atomic E-state index is -0.412. The van der Waals surface area contributed by atoms with Crippen molar-refractivity contribution >= 4 is 16.8 Å². The molecule has 0 aliphatic rings. The third-order valence-corrected chi connectivity index (χ3v) is 5.73. The van der Waals surface area contributed by atoms with Crippen LogP contribution in [-0.4, -0.2) is 35.4 Å². The highest BCUT2D eigenvalue weighted by Gasteiger charge is 2.25. The molecule has 0 spiro atoms. The molecular weight excluding hydrogens is 433 g/mol. The maximum atomic E-state index is 13.3. The summed E-state index contributed by atoms with van der Waals surface area (Å²) in [6.07, 6.45) is 1.34. The van der Waals surface area contributed by atoms with Gasteiger partial charge < -0.3 is 14.8 Å². The van der Waals surface area contributed by atoms with Crippen molar-refractivity contribution in [2.24, 2.45) is 0 Å². The zero-order chi connectivity index (χ0) is 24.2. The summed E-state index contributed by atoms with van der Waals surface area (Å²) in [5.74, 6) is 0.162. The van der Waals surface area contributed by atoms with Crippen molar-refractivity contribution in [1.82, 2.24) is 15.1 Å². The molecule has 0 saturated carbocycles. The van der Waals surface area contributed by atoms with Crippen LogP contribution < -0.4 is 10.1 Å². The average Bonchev–Trinajstić information content (AvgIpc) is 3.23. The third-order valence-electron chi connectivity index (χ3n) is 5.73. The Kier molecular flexibility index (Phi) is 6.93. The van der Waals surface area contributed by atoms with E-state index in [2.05, 4.69) is 28.6 Å². The van der Waals surface area contributed by atoms with E-state index in [-0.39, 0.29) is 24.4 Å². The summed E-state index contributed by atoms with van der Waals surface area (Å²) < 4.78 is 26.5. The molecule has 1 amide bonds. The Labute approximate surface area is 198 Å². The molecular formula is C27H28FN3O3. The first-order valence-electron chi connectivity index (χ1n) is 11.1. The number of hydrogen-bond acceptors (Lipinski definition) is 4. The maximum absolute atomic E-state index is 13.3. The Morgan fingerprint density at radius 1 is 1.09 bits per heavy atom. The van der Waals surface area contributed by atoms with Gasteiger partial charge in [0.1, 0.15) is 24.3 Å². The van der Waals surface area contributed by atoms with Crippen molar-refractivity contribution in [3.05, 3.63) is 89.4 Å². The smallest absolute Gasteiger partial charge is 0.246 e. The highest BCUT2D eigenvalue weighted by Crippen LogP contribution is 2.31. The van der Waals surface area contributed by atoms with Crippen LogP contribution in [0.15, 0.2) is 66.9 Å². The number of nitrogens with one attached hydrogen (secondary N) is 1. The lowest BCUT2D eigenvalue weighted by atomic mass is 9.96. The van der Waals surface area contributed by atoms with Gasteiger partial charge >= 0.3 is 0 Å². The van der Waals surface area contributed by atoms with E-state index in [0.29, 0.717) is 5.75 Å². The van der Waals surface area contributed by atoms with Gasteiger partial charge in [0.2, 0.25) is 5.91 Å². The van der Waals surface area contributed by atoms with Gasteiger partial charge in [-0.3, -0.25) is 4.79 Å². The van der Waals surface area contributed by atoms with Crippen molar-refractivity contribution in [3.63, 3.8) is 0 Å². The van der Waals surface area contributed by atoms with Crippen LogP contribution in [0, 0.1) is 19.7 Å². The third kappa shape index (κ3) is 5.10. The predicted molar refractivity (Wildman–Crippen MR) is 130 cm³/mol. The Balaban J connectivity index is 1.66. The number of nitrogens with zero attached hydrogens (tertiary/aromatic N) is 2. The van der Waals surface area contributed by atoms with E-state index in [4.69, 9.17) is 9.47 Å². The standard InChI is InChI=1S/C27H28FN3O3/c1-17-5-6-18(2)24(13-17)27(19(3)30-26(32)16-33-4)34-23-11-12-25-20(14-23)15-29-31(25)22-9-7-21(28)8-10-22/h5-15,19,27H,16H2,1-4H3,(H,30,32). The number of benzene rings is 3. The number of aromatic nitrogens is 2.